The second-order valence-electron chi connectivity index (χ2n) is 3.92. The smallest absolute Gasteiger partial charge is 0.275 e. The Labute approximate surface area is 106 Å². The lowest BCUT2D eigenvalue weighted by Crippen LogP contribution is -2.16. The van der Waals surface area contributed by atoms with Crippen LogP contribution in [0.4, 0.5) is 5.69 Å². The lowest BCUT2D eigenvalue weighted by atomic mass is 10.2. The predicted octanol–water partition coefficient (Wildman–Crippen LogP) is 0.898. The summed E-state index contributed by atoms with van der Waals surface area (Å²) in [7, 11) is 0. The Balaban J connectivity index is 1.85. The fourth-order valence-electron chi connectivity index (χ4n) is 1.68. The van der Waals surface area contributed by atoms with Crippen molar-refractivity contribution in [1.82, 2.24) is 20.2 Å². The van der Waals surface area contributed by atoms with Crippen molar-refractivity contribution in [3.63, 3.8) is 0 Å². The van der Waals surface area contributed by atoms with Crippen LogP contribution in [0.25, 0.3) is 10.9 Å². The highest BCUT2D eigenvalue weighted by Crippen LogP contribution is 2.16. The Morgan fingerprint density at radius 1 is 1.26 bits per heavy atom. The lowest BCUT2D eigenvalue weighted by Gasteiger charge is -2.04. The molecule has 1 amide bonds. The molecule has 2 heterocycles. The number of amides is 1. The molecule has 1 aromatic carbocycles. The van der Waals surface area contributed by atoms with E-state index in [1.165, 1.54) is 6.20 Å². The van der Waals surface area contributed by atoms with Crippen LogP contribution in [0, 0.1) is 0 Å². The fourth-order valence-corrected chi connectivity index (χ4v) is 1.68. The van der Waals surface area contributed by atoms with Gasteiger partial charge in [-0.05, 0) is 18.2 Å². The first-order valence-corrected chi connectivity index (χ1v) is 5.51. The zero-order chi connectivity index (χ0) is 13.2. The molecule has 0 aliphatic heterocycles. The second-order valence-corrected chi connectivity index (χ2v) is 3.92. The van der Waals surface area contributed by atoms with Gasteiger partial charge in [0.1, 0.15) is 5.69 Å². The Hall–Kier alpha value is -2.96. The van der Waals surface area contributed by atoms with E-state index in [0.717, 1.165) is 17.1 Å². The minimum atomic E-state index is -0.390. The maximum absolute atomic E-state index is 11.9. The lowest BCUT2D eigenvalue weighted by molar-refractivity contribution is 0.102. The third-order valence-electron chi connectivity index (χ3n) is 2.60. The molecule has 94 valence electrons. The number of carbonyl (C=O) groups is 1. The van der Waals surface area contributed by atoms with Crippen LogP contribution in [0.15, 0.2) is 41.6 Å². The SMILES string of the molecule is O=C(Nc1ccc2[nH]ncc2c1)c1c[nH]c(=O)cn1. The molecule has 0 unspecified atom stereocenters. The highest BCUT2D eigenvalue weighted by Gasteiger charge is 2.08. The van der Waals surface area contributed by atoms with Crippen molar-refractivity contribution < 1.29 is 4.79 Å². The fraction of sp³-hybridized carbons (Fsp3) is 0. The van der Waals surface area contributed by atoms with Gasteiger partial charge in [-0.15, -0.1) is 0 Å². The van der Waals surface area contributed by atoms with Crippen molar-refractivity contribution in [2.24, 2.45) is 0 Å². The van der Waals surface area contributed by atoms with E-state index < -0.39 is 0 Å². The third-order valence-corrected chi connectivity index (χ3v) is 2.60. The minimum absolute atomic E-state index is 0.145. The number of carbonyl (C=O) groups excluding carboxylic acids is 1. The standard InChI is InChI=1S/C12H9N5O2/c18-11-6-13-10(5-14-11)12(19)16-8-1-2-9-7(3-8)4-15-17-9/h1-6H,(H,14,18)(H,15,17)(H,16,19). The van der Waals surface area contributed by atoms with E-state index >= 15 is 0 Å². The first-order valence-electron chi connectivity index (χ1n) is 5.51. The summed E-state index contributed by atoms with van der Waals surface area (Å²) >= 11 is 0. The quantitative estimate of drug-likeness (QED) is 0.632. The number of hydrogen-bond acceptors (Lipinski definition) is 4. The van der Waals surface area contributed by atoms with Crippen molar-refractivity contribution in [3.05, 3.63) is 52.8 Å². The van der Waals surface area contributed by atoms with Gasteiger partial charge in [0.15, 0.2) is 0 Å². The number of nitrogens with one attached hydrogen (secondary N) is 3. The van der Waals surface area contributed by atoms with Crippen molar-refractivity contribution >= 4 is 22.5 Å². The Kier molecular flexibility index (Phi) is 2.57. The van der Waals surface area contributed by atoms with E-state index in [4.69, 9.17) is 0 Å². The Morgan fingerprint density at radius 3 is 2.95 bits per heavy atom. The molecule has 0 bridgehead atoms. The molecule has 3 rings (SSSR count). The van der Waals surface area contributed by atoms with Crippen LogP contribution in [-0.4, -0.2) is 26.1 Å². The molecular formula is C12H9N5O2. The van der Waals surface area contributed by atoms with Crippen molar-refractivity contribution in [3.8, 4) is 0 Å². The van der Waals surface area contributed by atoms with Crippen LogP contribution in [0.2, 0.25) is 0 Å². The van der Waals surface area contributed by atoms with Crippen LogP contribution in [0.3, 0.4) is 0 Å². The largest absolute Gasteiger partial charge is 0.325 e. The third kappa shape index (κ3) is 2.21. The number of aromatic amines is 2. The number of nitrogens with zero attached hydrogens (tertiary/aromatic N) is 2. The number of hydrogen-bond donors (Lipinski definition) is 3. The number of benzene rings is 1. The minimum Gasteiger partial charge on any atom is -0.325 e. The van der Waals surface area contributed by atoms with Gasteiger partial charge in [-0.25, -0.2) is 4.98 Å². The van der Waals surface area contributed by atoms with E-state index in [0.29, 0.717) is 5.69 Å². The summed E-state index contributed by atoms with van der Waals surface area (Å²) in [5.41, 5.74) is 1.32. The highest BCUT2D eigenvalue weighted by molar-refractivity contribution is 6.03. The molecular weight excluding hydrogens is 246 g/mol. The van der Waals surface area contributed by atoms with Gasteiger partial charge in [-0.2, -0.15) is 5.10 Å². The molecule has 3 N–H and O–H groups in total. The zero-order valence-electron chi connectivity index (χ0n) is 9.68. The van der Waals surface area contributed by atoms with E-state index in [1.807, 2.05) is 6.07 Å². The summed E-state index contributed by atoms with van der Waals surface area (Å²) in [6, 6.07) is 5.37. The van der Waals surface area contributed by atoms with Gasteiger partial charge in [0.2, 0.25) is 0 Å². The molecule has 0 fully saturated rings. The summed E-state index contributed by atoms with van der Waals surface area (Å²) in [5.74, 6) is -0.390. The first kappa shape index (κ1) is 11.1. The number of aromatic nitrogens is 4. The summed E-state index contributed by atoms with van der Waals surface area (Å²) in [4.78, 5) is 28.9. The van der Waals surface area contributed by atoms with E-state index in [2.05, 4.69) is 25.5 Å². The summed E-state index contributed by atoms with van der Waals surface area (Å²) < 4.78 is 0. The number of rotatable bonds is 2. The van der Waals surface area contributed by atoms with Gasteiger partial charge in [0.05, 0.1) is 17.9 Å². The second kappa shape index (κ2) is 4.37. The van der Waals surface area contributed by atoms with E-state index in [-0.39, 0.29) is 17.2 Å². The van der Waals surface area contributed by atoms with Crippen molar-refractivity contribution in [2.75, 3.05) is 5.32 Å². The van der Waals surface area contributed by atoms with Gasteiger partial charge in [0, 0.05) is 17.3 Å². The molecule has 19 heavy (non-hydrogen) atoms. The molecule has 0 spiro atoms. The molecule has 0 radical (unpaired) electrons. The number of H-pyrrole nitrogens is 2. The van der Waals surface area contributed by atoms with Crippen LogP contribution < -0.4 is 10.9 Å². The van der Waals surface area contributed by atoms with Crippen LogP contribution in [-0.2, 0) is 0 Å². The molecule has 3 aromatic rings. The molecule has 0 aliphatic rings. The maximum Gasteiger partial charge on any atom is 0.275 e. The van der Waals surface area contributed by atoms with Gasteiger partial charge < -0.3 is 10.3 Å². The monoisotopic (exact) mass is 255 g/mol. The summed E-state index contributed by atoms with van der Waals surface area (Å²) in [5, 5.41) is 10.3. The Morgan fingerprint density at radius 2 is 2.16 bits per heavy atom. The molecule has 0 saturated carbocycles. The summed E-state index contributed by atoms with van der Waals surface area (Å²) in [6.45, 7) is 0. The van der Waals surface area contributed by atoms with Crippen LogP contribution in [0.1, 0.15) is 10.5 Å². The van der Waals surface area contributed by atoms with Crippen LogP contribution >= 0.6 is 0 Å². The average molecular weight is 255 g/mol. The van der Waals surface area contributed by atoms with Gasteiger partial charge in [0.25, 0.3) is 11.5 Å². The van der Waals surface area contributed by atoms with Gasteiger partial charge in [-0.1, -0.05) is 0 Å². The average Bonchev–Trinajstić information content (AvgIpc) is 2.87. The first-order chi connectivity index (χ1) is 9.22. The number of anilines is 1. The van der Waals surface area contributed by atoms with Crippen LogP contribution in [0.5, 0.6) is 0 Å². The normalized spacial score (nSPS) is 10.5. The maximum atomic E-state index is 11.9. The van der Waals surface area contributed by atoms with Gasteiger partial charge >= 0.3 is 0 Å². The molecule has 7 nitrogen and oxygen atoms in total. The van der Waals surface area contributed by atoms with Gasteiger partial charge in [-0.3, -0.25) is 14.7 Å². The highest BCUT2D eigenvalue weighted by atomic mass is 16.2. The van der Waals surface area contributed by atoms with Crippen molar-refractivity contribution in [2.45, 2.75) is 0 Å². The molecule has 2 aromatic heterocycles. The number of fused-ring (bicyclic) bond motifs is 1. The molecule has 0 atom stereocenters. The zero-order valence-corrected chi connectivity index (χ0v) is 9.68. The van der Waals surface area contributed by atoms with E-state index in [1.54, 1.807) is 18.3 Å². The Bertz CT molecular complexity index is 784. The van der Waals surface area contributed by atoms with E-state index in [9.17, 15) is 9.59 Å². The topological polar surface area (TPSA) is 104 Å². The summed E-state index contributed by atoms with van der Waals surface area (Å²) in [6.07, 6.45) is 4.01. The molecule has 0 saturated heterocycles. The predicted molar refractivity (Wildman–Crippen MR) is 68.9 cm³/mol. The molecule has 0 aliphatic carbocycles. The van der Waals surface area contributed by atoms with Crippen molar-refractivity contribution in [1.29, 1.82) is 0 Å². The molecule has 7 heteroatoms.